The molecule has 0 aromatic heterocycles. The molecule has 14 atom stereocenters. The van der Waals surface area contributed by atoms with Gasteiger partial charge in [-0.2, -0.15) is 0 Å². The van der Waals surface area contributed by atoms with Gasteiger partial charge in [-0.05, 0) is 51.9 Å². The monoisotopic (exact) mass is 1380 g/mol. The molecule has 22 nitrogen and oxygen atoms in total. The molecule has 95 heavy (non-hydrogen) atoms. The summed E-state index contributed by atoms with van der Waals surface area (Å²) in [6.45, 7) is 12.1. The third-order valence-corrected chi connectivity index (χ3v) is 19.0. The van der Waals surface area contributed by atoms with E-state index in [0.717, 1.165) is 141 Å². The lowest BCUT2D eigenvalue weighted by Crippen LogP contribution is -2.67. The van der Waals surface area contributed by atoms with Crippen molar-refractivity contribution in [1.82, 2.24) is 10.6 Å². The minimum Gasteiger partial charge on any atom is -0.462 e. The first kappa shape index (κ1) is 87.9. The minimum absolute atomic E-state index is 0.119. The normalized spacial score (nSPS) is 22.7. The molecule has 2 rings (SSSR count). The summed E-state index contributed by atoms with van der Waals surface area (Å²) in [6, 6.07) is -2.69. The van der Waals surface area contributed by atoms with Crippen LogP contribution in [0.2, 0.25) is 0 Å². The lowest BCUT2D eigenvalue weighted by molar-refractivity contribution is -0.283. The van der Waals surface area contributed by atoms with Gasteiger partial charge in [-0.15, -0.1) is 0 Å². The van der Waals surface area contributed by atoms with Crippen molar-refractivity contribution in [3.05, 3.63) is 0 Å². The third-order valence-electron chi connectivity index (χ3n) is 18.5. The van der Waals surface area contributed by atoms with E-state index in [9.17, 15) is 63.5 Å². The number of aliphatic hydroxyl groups is 4. The van der Waals surface area contributed by atoms with Gasteiger partial charge in [-0.1, -0.05) is 228 Å². The quantitative estimate of drug-likeness (QED) is 0.0121. The summed E-state index contributed by atoms with van der Waals surface area (Å²) in [6.07, 6.45) is 17.5. The predicted octanol–water partition coefficient (Wildman–Crippen LogP) is 12.9. The van der Waals surface area contributed by atoms with E-state index in [1.165, 1.54) is 44.9 Å². The molecule has 23 heteroatoms. The summed E-state index contributed by atoms with van der Waals surface area (Å²) < 4.78 is 54.9. The maximum absolute atomic E-state index is 14.7. The number of rotatable bonds is 59. The van der Waals surface area contributed by atoms with Crippen molar-refractivity contribution in [2.75, 3.05) is 13.2 Å². The molecular formula is C72H133N2O20P. The number of unbranched alkanes of at least 4 members (excludes halogenated alkanes) is 28. The van der Waals surface area contributed by atoms with Gasteiger partial charge in [0.1, 0.15) is 42.3 Å². The second-order valence-corrected chi connectivity index (χ2v) is 28.4. The first-order valence-corrected chi connectivity index (χ1v) is 39.2. The second kappa shape index (κ2) is 53.7. The maximum atomic E-state index is 14.7. The summed E-state index contributed by atoms with van der Waals surface area (Å²) in [7, 11) is -5.53. The van der Waals surface area contributed by atoms with E-state index in [1.54, 1.807) is 20.8 Å². The lowest BCUT2D eigenvalue weighted by atomic mass is 9.80. The Kier molecular flexibility index (Phi) is 49.7. The second-order valence-electron chi connectivity index (χ2n) is 27.2. The van der Waals surface area contributed by atoms with Crippen LogP contribution in [0.3, 0.4) is 0 Å². The van der Waals surface area contributed by atoms with Gasteiger partial charge in [0.2, 0.25) is 11.8 Å². The predicted molar refractivity (Wildman–Crippen MR) is 366 cm³/mol. The minimum atomic E-state index is -5.53. The van der Waals surface area contributed by atoms with Gasteiger partial charge in [-0.3, -0.25) is 33.3 Å². The number of ether oxygens (including phenoxy) is 6. The van der Waals surface area contributed by atoms with E-state index in [0.29, 0.717) is 32.1 Å². The smallest absolute Gasteiger partial charge is 0.462 e. The number of hydrogen-bond donors (Lipinski definition) is 8. The Hall–Kier alpha value is -3.15. The Morgan fingerprint density at radius 3 is 1.42 bits per heavy atom. The number of Topliss-reactive ketones (excluding diaryl/α,β-unsaturated/α-hetero) is 1. The highest BCUT2D eigenvalue weighted by atomic mass is 31.2. The first-order chi connectivity index (χ1) is 45.6. The average Bonchev–Trinajstić information content (AvgIpc) is 0.792. The van der Waals surface area contributed by atoms with E-state index >= 15 is 0 Å². The molecule has 0 aliphatic carbocycles. The number of phosphoric acid groups is 1. The van der Waals surface area contributed by atoms with E-state index in [-0.39, 0.29) is 44.9 Å². The van der Waals surface area contributed by atoms with Crippen LogP contribution in [0.25, 0.3) is 0 Å². The summed E-state index contributed by atoms with van der Waals surface area (Å²) in [5, 5.41) is 50.3. The van der Waals surface area contributed by atoms with Crippen molar-refractivity contribution in [1.29, 1.82) is 0 Å². The molecule has 2 amide bonds. The topological polar surface area (TPSA) is 330 Å². The summed E-state index contributed by atoms with van der Waals surface area (Å²) >= 11 is 0. The third kappa shape index (κ3) is 40.6. The molecule has 2 aliphatic rings. The van der Waals surface area contributed by atoms with Crippen LogP contribution in [0.5, 0.6) is 0 Å². The fraction of sp³-hybridized carbons (Fsp3) is 0.917. The van der Waals surface area contributed by atoms with Crippen molar-refractivity contribution >= 4 is 43.3 Å². The molecule has 2 heterocycles. The van der Waals surface area contributed by atoms with Crippen LogP contribution in [0, 0.1) is 5.92 Å². The molecule has 2 fully saturated rings. The number of carbonyl (C=O) groups is 6. The van der Waals surface area contributed by atoms with E-state index < -0.39 is 155 Å². The fourth-order valence-electron chi connectivity index (χ4n) is 12.8. The van der Waals surface area contributed by atoms with Crippen LogP contribution in [0.4, 0.5) is 0 Å². The van der Waals surface area contributed by atoms with Crippen molar-refractivity contribution in [2.24, 2.45) is 5.92 Å². The van der Waals surface area contributed by atoms with Crippen molar-refractivity contribution in [3.63, 3.8) is 0 Å². The van der Waals surface area contributed by atoms with Gasteiger partial charge in [0.05, 0.1) is 62.9 Å². The van der Waals surface area contributed by atoms with Gasteiger partial charge in [0.25, 0.3) is 0 Å². The SMILES string of the molecule is CCCCCCCCCCC[C@@H](O)CC(=O)NC1C(C)OC(CO[C@@H]2OC(CO)[C@@H](OP(=O)(O)O)[C@H](OC(=O)C[C@@H](CC)OC(=O)CCCCCCCCC)C2NC(=O)C[C@@H](CCCCCCCCCCC)OC(=O)CCCCCCCCC)[C@@H](O)[C@@H]1CC(=O)C[C@H](O)CC. The molecule has 0 saturated carbocycles. The van der Waals surface area contributed by atoms with E-state index in [1.807, 2.05) is 0 Å². The zero-order valence-corrected chi connectivity index (χ0v) is 60.6. The first-order valence-electron chi connectivity index (χ1n) is 37.6. The van der Waals surface area contributed by atoms with Crippen LogP contribution >= 0.6 is 7.82 Å². The summed E-state index contributed by atoms with van der Waals surface area (Å²) in [5.41, 5.74) is 0. The number of esters is 3. The fourth-order valence-corrected chi connectivity index (χ4v) is 13.4. The van der Waals surface area contributed by atoms with Gasteiger partial charge in [-0.25, -0.2) is 4.57 Å². The standard InChI is InChI=1S/C72H133N2O20P/c1-8-14-18-22-26-28-32-34-38-42-55(77)48-62(79)73-67-53(7)89-61(69(84)59(67)47-56(78)46-54(76)12-5)52-88-72-68(74-63(80)49-58(43-39-35-33-29-27-23-19-15-9-2)91-65(82)45-41-37-31-25-21-17-11-4)71(70(60(51-75)92-72)94-95(85,86)87)93-66(83)50-57(13-6)90-64(81)44-40-36-30-24-20-16-10-3/h53-55,57-61,67-72,75-77,84H,8-52H2,1-7H3,(H,73,79)(H,74,80)(H2,85,86,87)/t53?,54-,55-,57-,58-,59-,60?,61?,67?,68?,69+,70-,71-,72-/m1/s1. The molecule has 5 unspecified atom stereocenters. The van der Waals surface area contributed by atoms with Crippen LogP contribution < -0.4 is 10.6 Å². The van der Waals surface area contributed by atoms with Crippen molar-refractivity contribution in [2.45, 2.75) is 404 Å². The molecule has 0 radical (unpaired) electrons. The van der Waals surface area contributed by atoms with Crippen LogP contribution in [0.15, 0.2) is 0 Å². The molecule has 0 bridgehead atoms. The zero-order chi connectivity index (χ0) is 70.2. The number of ketones is 1. The van der Waals surface area contributed by atoms with E-state index in [4.69, 9.17) is 32.9 Å². The molecule has 0 spiro atoms. The number of phosphoric ester groups is 1. The summed E-state index contributed by atoms with van der Waals surface area (Å²) in [4.78, 5) is 104. The highest BCUT2D eigenvalue weighted by molar-refractivity contribution is 7.46. The zero-order valence-electron chi connectivity index (χ0n) is 59.7. The Labute approximate surface area is 571 Å². The molecule has 2 aliphatic heterocycles. The van der Waals surface area contributed by atoms with Crippen LogP contribution in [-0.2, 0) is 66.3 Å². The summed E-state index contributed by atoms with van der Waals surface area (Å²) in [5.74, 6) is -4.76. The van der Waals surface area contributed by atoms with Gasteiger partial charge in [0.15, 0.2) is 12.4 Å². The number of aliphatic hydroxyl groups excluding tert-OH is 4. The largest absolute Gasteiger partial charge is 0.470 e. The number of hydrogen-bond acceptors (Lipinski definition) is 18. The molecule has 2 saturated heterocycles. The molecule has 556 valence electrons. The number of nitrogens with one attached hydrogen (secondary N) is 2. The molecule has 0 aromatic rings. The average molecular weight is 1380 g/mol. The van der Waals surface area contributed by atoms with Crippen molar-refractivity contribution < 1.29 is 96.5 Å². The molecule has 8 N–H and O–H groups in total. The highest BCUT2D eigenvalue weighted by Crippen LogP contribution is 2.43. The van der Waals surface area contributed by atoms with Crippen LogP contribution in [-0.4, -0.2) is 158 Å². The molecular weight excluding hydrogens is 1240 g/mol. The molecule has 0 aromatic carbocycles. The van der Waals surface area contributed by atoms with Gasteiger partial charge >= 0.3 is 25.7 Å². The Morgan fingerprint density at radius 1 is 0.495 bits per heavy atom. The van der Waals surface area contributed by atoms with Crippen molar-refractivity contribution in [3.8, 4) is 0 Å². The number of carbonyl (C=O) groups excluding carboxylic acids is 6. The van der Waals surface area contributed by atoms with E-state index in [2.05, 4.69) is 38.3 Å². The van der Waals surface area contributed by atoms with Gasteiger partial charge < -0.3 is 69.3 Å². The Balaban J connectivity index is 2.59. The lowest BCUT2D eigenvalue weighted by Gasteiger charge is -2.47. The Morgan fingerprint density at radius 2 is 0.947 bits per heavy atom. The maximum Gasteiger partial charge on any atom is 0.470 e. The highest BCUT2D eigenvalue weighted by Gasteiger charge is 2.53. The van der Waals surface area contributed by atoms with Gasteiger partial charge in [0, 0.05) is 31.6 Å². The van der Waals surface area contributed by atoms with Crippen LogP contribution in [0.1, 0.15) is 325 Å². The Bertz CT molecular complexity index is 2090. The number of amides is 2.